The Labute approximate surface area is 252 Å². The van der Waals surface area contributed by atoms with E-state index >= 15 is 0 Å². The number of ether oxygens (including phenoxy) is 4. The average Bonchev–Trinajstić information content (AvgIpc) is 2.96. The number of carbonyl (C=O) groups is 1. The number of benzene rings is 2. The zero-order valence-corrected chi connectivity index (χ0v) is 27.7. The Balaban J connectivity index is 2.04. The number of nitrogens with zero attached hydrogens (tertiary/aromatic N) is 1. The third-order valence-electron chi connectivity index (χ3n) is 8.11. The van der Waals surface area contributed by atoms with Crippen LogP contribution in [0.5, 0.6) is 11.5 Å². The first kappa shape index (κ1) is 33.3. The Kier molecular flexibility index (Phi) is 11.7. The summed E-state index contributed by atoms with van der Waals surface area (Å²) in [7, 11) is 2.46. The van der Waals surface area contributed by atoms with E-state index in [0.29, 0.717) is 13.0 Å². The number of carbonyl (C=O) groups excluding carboxylic acids is 1. The van der Waals surface area contributed by atoms with Gasteiger partial charge in [0.1, 0.15) is 11.5 Å². The van der Waals surface area contributed by atoms with E-state index in [4.69, 9.17) is 28.4 Å². The van der Waals surface area contributed by atoms with E-state index in [9.17, 15) is 4.79 Å². The van der Waals surface area contributed by atoms with E-state index in [1.54, 1.807) is 20.4 Å². The van der Waals surface area contributed by atoms with Crippen LogP contribution in [0.3, 0.4) is 0 Å². The Bertz CT molecular complexity index is 1260. The third-order valence-corrected chi connectivity index (χ3v) is 12.6. The van der Waals surface area contributed by atoms with Crippen molar-refractivity contribution in [3.63, 3.8) is 0 Å². The molecule has 0 aliphatic carbocycles. The van der Waals surface area contributed by atoms with Crippen molar-refractivity contribution in [2.24, 2.45) is 0 Å². The van der Waals surface area contributed by atoms with Crippen molar-refractivity contribution >= 4 is 14.3 Å². The summed E-state index contributed by atoms with van der Waals surface area (Å²) < 4.78 is 30.2. The fraction of sp³-hybridized carbons (Fsp3) is 0.471. The van der Waals surface area contributed by atoms with Crippen LogP contribution >= 0.6 is 0 Å². The van der Waals surface area contributed by atoms with Crippen molar-refractivity contribution < 1.29 is 28.2 Å². The highest BCUT2D eigenvalue weighted by Crippen LogP contribution is 2.43. The normalized spacial score (nSPS) is 13.4. The van der Waals surface area contributed by atoms with Gasteiger partial charge in [-0.15, -0.1) is 0 Å². The van der Waals surface area contributed by atoms with Gasteiger partial charge in [0.25, 0.3) is 0 Å². The second kappa shape index (κ2) is 14.8. The van der Waals surface area contributed by atoms with Crippen LogP contribution in [-0.4, -0.2) is 53.3 Å². The summed E-state index contributed by atoms with van der Waals surface area (Å²) in [6.07, 6.45) is 2.46. The molecule has 0 bridgehead atoms. The zero-order chi connectivity index (χ0) is 30.9. The van der Waals surface area contributed by atoms with Crippen molar-refractivity contribution in [3.8, 4) is 11.5 Å². The minimum absolute atomic E-state index is 0.0213. The lowest BCUT2D eigenvalue weighted by Gasteiger charge is -2.41. The lowest BCUT2D eigenvalue weighted by molar-refractivity contribution is -0.139. The molecule has 0 aliphatic heterocycles. The van der Waals surface area contributed by atoms with Gasteiger partial charge in [-0.3, -0.25) is 9.78 Å². The van der Waals surface area contributed by atoms with Gasteiger partial charge < -0.3 is 23.4 Å². The molecule has 0 saturated carbocycles. The molecule has 3 rings (SSSR count). The monoisotopic (exact) mass is 593 g/mol. The van der Waals surface area contributed by atoms with Crippen LogP contribution in [0.1, 0.15) is 54.8 Å². The summed E-state index contributed by atoms with van der Waals surface area (Å²) in [4.78, 5) is 16.5. The Hall–Kier alpha value is -3.20. The molecule has 0 fully saturated rings. The van der Waals surface area contributed by atoms with E-state index < -0.39 is 14.4 Å². The SMILES string of the molecule is COC(=O)Cc1ccc(CC(OCCc2ccccc2)C(O[Si](C)(C)C(C)(C)C)c2cc(OC)c(C)c(OC)c2)nc1. The summed E-state index contributed by atoms with van der Waals surface area (Å²) >= 11 is 0. The lowest BCUT2D eigenvalue weighted by atomic mass is 9.98. The number of hydrogen-bond donors (Lipinski definition) is 0. The molecule has 7 nitrogen and oxygen atoms in total. The van der Waals surface area contributed by atoms with Crippen LogP contribution in [-0.2, 0) is 38.0 Å². The van der Waals surface area contributed by atoms with Gasteiger partial charge in [-0.2, -0.15) is 0 Å². The van der Waals surface area contributed by atoms with Gasteiger partial charge in [0.15, 0.2) is 8.32 Å². The number of hydrogen-bond acceptors (Lipinski definition) is 7. The fourth-order valence-corrected chi connectivity index (χ4v) is 5.75. The maximum absolute atomic E-state index is 11.8. The van der Waals surface area contributed by atoms with Gasteiger partial charge in [0, 0.05) is 23.9 Å². The fourth-order valence-electron chi connectivity index (χ4n) is 4.48. The molecule has 0 amide bonds. The number of rotatable bonds is 14. The number of esters is 1. The molecular weight excluding hydrogens is 546 g/mol. The van der Waals surface area contributed by atoms with Crippen molar-refractivity contribution in [1.82, 2.24) is 4.98 Å². The van der Waals surface area contributed by atoms with Gasteiger partial charge in [-0.05, 0) is 66.4 Å². The van der Waals surface area contributed by atoms with Crippen LogP contribution in [0.2, 0.25) is 18.1 Å². The molecule has 1 aromatic heterocycles. The Morgan fingerprint density at radius 2 is 1.57 bits per heavy atom. The molecule has 2 atom stereocenters. The highest BCUT2D eigenvalue weighted by atomic mass is 28.4. The summed E-state index contributed by atoms with van der Waals surface area (Å²) in [5.41, 5.74) is 4.73. The number of pyridine rings is 1. The molecule has 2 aromatic carbocycles. The molecular formula is C34H47NO6Si. The predicted octanol–water partition coefficient (Wildman–Crippen LogP) is 7.06. The smallest absolute Gasteiger partial charge is 0.310 e. The van der Waals surface area contributed by atoms with Gasteiger partial charge in [0.2, 0.25) is 0 Å². The molecule has 1 heterocycles. The number of aromatic nitrogens is 1. The molecule has 0 saturated heterocycles. The van der Waals surface area contributed by atoms with Gasteiger partial charge in [-0.1, -0.05) is 57.2 Å². The molecule has 0 radical (unpaired) electrons. The first-order valence-electron chi connectivity index (χ1n) is 14.4. The average molecular weight is 594 g/mol. The standard InChI is InChI=1S/C34H47NO6Si/c1-24-29(37-5)20-27(21-30(24)38-6)33(41-42(8,9)34(2,3)4)31(40-18-17-25-13-11-10-12-14-25)22-28-16-15-26(23-35-28)19-32(36)39-7/h10-16,20-21,23,31,33H,17-19,22H2,1-9H3. The molecule has 0 spiro atoms. The van der Waals surface area contributed by atoms with Gasteiger partial charge in [0.05, 0.1) is 46.6 Å². The molecule has 228 valence electrons. The lowest BCUT2D eigenvalue weighted by Crippen LogP contribution is -2.45. The second-order valence-electron chi connectivity index (χ2n) is 12.1. The quantitative estimate of drug-likeness (QED) is 0.146. The van der Waals surface area contributed by atoms with Gasteiger partial charge in [-0.25, -0.2) is 0 Å². The summed E-state index contributed by atoms with van der Waals surface area (Å²) in [5, 5.41) is -0.0213. The van der Waals surface area contributed by atoms with E-state index in [-0.39, 0.29) is 23.5 Å². The van der Waals surface area contributed by atoms with Crippen molar-refractivity contribution in [2.45, 2.75) is 77.3 Å². The van der Waals surface area contributed by atoms with Crippen molar-refractivity contribution in [2.75, 3.05) is 27.9 Å². The first-order valence-corrected chi connectivity index (χ1v) is 17.4. The van der Waals surface area contributed by atoms with E-state index in [1.165, 1.54) is 12.7 Å². The largest absolute Gasteiger partial charge is 0.496 e. The Morgan fingerprint density at radius 1 is 0.929 bits per heavy atom. The molecule has 0 aliphatic rings. The minimum atomic E-state index is -2.27. The topological polar surface area (TPSA) is 76.1 Å². The van der Waals surface area contributed by atoms with Gasteiger partial charge >= 0.3 is 5.97 Å². The minimum Gasteiger partial charge on any atom is -0.496 e. The second-order valence-corrected chi connectivity index (χ2v) is 16.9. The van der Waals surface area contributed by atoms with E-state index in [0.717, 1.165) is 40.3 Å². The van der Waals surface area contributed by atoms with Crippen LogP contribution in [0, 0.1) is 6.92 Å². The third kappa shape index (κ3) is 8.90. The predicted molar refractivity (Wildman–Crippen MR) is 169 cm³/mol. The molecule has 42 heavy (non-hydrogen) atoms. The van der Waals surface area contributed by atoms with Crippen LogP contribution in [0.4, 0.5) is 0 Å². The Morgan fingerprint density at radius 3 is 2.10 bits per heavy atom. The van der Waals surface area contributed by atoms with Crippen LogP contribution in [0.15, 0.2) is 60.8 Å². The summed E-state index contributed by atoms with van der Waals surface area (Å²) in [6, 6.07) is 18.3. The highest BCUT2D eigenvalue weighted by molar-refractivity contribution is 6.74. The van der Waals surface area contributed by atoms with E-state index in [1.807, 2.05) is 49.4 Å². The van der Waals surface area contributed by atoms with Crippen LogP contribution < -0.4 is 9.47 Å². The zero-order valence-electron chi connectivity index (χ0n) is 26.7. The molecule has 8 heteroatoms. The van der Waals surface area contributed by atoms with Crippen LogP contribution in [0.25, 0.3) is 0 Å². The summed E-state index contributed by atoms with van der Waals surface area (Å²) in [6.45, 7) is 13.7. The maximum atomic E-state index is 11.8. The molecule has 0 N–H and O–H groups in total. The first-order chi connectivity index (χ1) is 19.9. The molecule has 3 aromatic rings. The number of methoxy groups -OCH3 is 3. The summed E-state index contributed by atoms with van der Waals surface area (Å²) in [5.74, 6) is 1.18. The van der Waals surface area contributed by atoms with Crippen molar-refractivity contribution in [3.05, 3.63) is 88.7 Å². The molecule has 2 unspecified atom stereocenters. The van der Waals surface area contributed by atoms with Crippen molar-refractivity contribution in [1.29, 1.82) is 0 Å². The van der Waals surface area contributed by atoms with E-state index in [2.05, 4.69) is 46.0 Å². The highest BCUT2D eigenvalue weighted by Gasteiger charge is 2.42. The maximum Gasteiger partial charge on any atom is 0.310 e.